The number of anilines is 1. The Balaban J connectivity index is 2.17. The molecule has 0 aliphatic rings. The first-order valence-corrected chi connectivity index (χ1v) is 7.01. The molecule has 4 nitrogen and oxygen atoms in total. The van der Waals surface area contributed by atoms with Crippen molar-refractivity contribution in [1.82, 2.24) is 9.78 Å². The van der Waals surface area contributed by atoms with Crippen LogP contribution in [-0.2, 0) is 13.6 Å². The van der Waals surface area contributed by atoms with E-state index in [0.717, 1.165) is 22.6 Å². The fourth-order valence-electron chi connectivity index (χ4n) is 2.07. The van der Waals surface area contributed by atoms with Gasteiger partial charge in [-0.1, -0.05) is 23.8 Å². The summed E-state index contributed by atoms with van der Waals surface area (Å²) in [5.41, 5.74) is 10.6. The molecule has 0 amide bonds. The van der Waals surface area contributed by atoms with Gasteiger partial charge < -0.3 is 11.1 Å². The van der Waals surface area contributed by atoms with Gasteiger partial charge in [-0.3, -0.25) is 4.68 Å². The second kappa shape index (κ2) is 5.81. The first kappa shape index (κ1) is 14.8. The Morgan fingerprint density at radius 2 is 2.15 bits per heavy atom. The lowest BCUT2D eigenvalue weighted by atomic mass is 10.1. The van der Waals surface area contributed by atoms with Gasteiger partial charge in [-0.05, 0) is 32.0 Å². The van der Waals surface area contributed by atoms with Crippen LogP contribution >= 0.6 is 23.8 Å². The van der Waals surface area contributed by atoms with E-state index in [1.165, 1.54) is 5.56 Å². The molecule has 0 atom stereocenters. The highest BCUT2D eigenvalue weighted by molar-refractivity contribution is 7.80. The number of aryl methyl sites for hydroxylation is 2. The molecule has 20 heavy (non-hydrogen) atoms. The van der Waals surface area contributed by atoms with Crippen LogP contribution in [0.2, 0.25) is 5.02 Å². The summed E-state index contributed by atoms with van der Waals surface area (Å²) in [6.45, 7) is 4.73. The van der Waals surface area contributed by atoms with Crippen LogP contribution in [0, 0.1) is 13.8 Å². The van der Waals surface area contributed by atoms with Crippen molar-refractivity contribution in [3.63, 3.8) is 0 Å². The van der Waals surface area contributed by atoms with Crippen molar-refractivity contribution in [2.75, 3.05) is 5.32 Å². The van der Waals surface area contributed by atoms with Gasteiger partial charge in [0.25, 0.3) is 0 Å². The topological polar surface area (TPSA) is 55.9 Å². The van der Waals surface area contributed by atoms with Crippen LogP contribution in [0.4, 0.5) is 5.69 Å². The van der Waals surface area contributed by atoms with Gasteiger partial charge in [-0.2, -0.15) is 5.10 Å². The number of nitrogens with zero attached hydrogens (tertiary/aromatic N) is 2. The summed E-state index contributed by atoms with van der Waals surface area (Å²) in [6, 6.07) is 5.52. The molecule has 0 aliphatic carbocycles. The van der Waals surface area contributed by atoms with Gasteiger partial charge >= 0.3 is 0 Å². The van der Waals surface area contributed by atoms with Gasteiger partial charge in [0, 0.05) is 30.4 Å². The summed E-state index contributed by atoms with van der Waals surface area (Å²) < 4.78 is 1.88. The summed E-state index contributed by atoms with van der Waals surface area (Å²) >= 11 is 11.2. The second-order valence-electron chi connectivity index (χ2n) is 4.69. The third-order valence-corrected chi connectivity index (χ3v) is 3.92. The third-order valence-electron chi connectivity index (χ3n) is 3.37. The monoisotopic (exact) mass is 308 g/mol. The highest BCUT2D eigenvalue weighted by Crippen LogP contribution is 2.24. The van der Waals surface area contributed by atoms with Gasteiger partial charge in [0.1, 0.15) is 4.99 Å². The van der Waals surface area contributed by atoms with Gasteiger partial charge in [-0.25, -0.2) is 0 Å². The molecule has 1 aromatic carbocycles. The summed E-state index contributed by atoms with van der Waals surface area (Å²) in [4.78, 5) is 0.345. The Kier molecular flexibility index (Phi) is 4.30. The van der Waals surface area contributed by atoms with Crippen LogP contribution in [0.1, 0.15) is 22.5 Å². The molecule has 2 aromatic rings. The van der Waals surface area contributed by atoms with E-state index in [9.17, 15) is 0 Å². The lowest BCUT2D eigenvalue weighted by Gasteiger charge is -2.10. The van der Waals surface area contributed by atoms with Crippen molar-refractivity contribution in [3.8, 4) is 0 Å². The molecule has 0 aliphatic heterocycles. The Morgan fingerprint density at radius 3 is 2.65 bits per heavy atom. The predicted molar refractivity (Wildman–Crippen MR) is 87.3 cm³/mol. The Morgan fingerprint density at radius 1 is 1.45 bits per heavy atom. The van der Waals surface area contributed by atoms with Crippen LogP contribution in [0.25, 0.3) is 0 Å². The van der Waals surface area contributed by atoms with Gasteiger partial charge in [0.05, 0.1) is 16.4 Å². The van der Waals surface area contributed by atoms with E-state index in [1.54, 1.807) is 6.07 Å². The lowest BCUT2D eigenvalue weighted by Crippen LogP contribution is -2.09. The quantitative estimate of drug-likeness (QED) is 0.853. The van der Waals surface area contributed by atoms with Crippen LogP contribution in [0.15, 0.2) is 18.2 Å². The zero-order valence-corrected chi connectivity index (χ0v) is 13.3. The van der Waals surface area contributed by atoms with E-state index in [-0.39, 0.29) is 0 Å². The number of nitrogens with two attached hydrogens (primary N) is 1. The highest BCUT2D eigenvalue weighted by atomic mass is 35.5. The highest BCUT2D eigenvalue weighted by Gasteiger charge is 2.10. The number of halogens is 1. The van der Waals surface area contributed by atoms with E-state index in [4.69, 9.17) is 29.6 Å². The molecule has 0 fully saturated rings. The van der Waals surface area contributed by atoms with Gasteiger partial charge in [0.2, 0.25) is 0 Å². The lowest BCUT2D eigenvalue weighted by molar-refractivity contribution is 0.730. The largest absolute Gasteiger partial charge is 0.389 e. The molecule has 1 aromatic heterocycles. The molecule has 6 heteroatoms. The number of hydrogen-bond acceptors (Lipinski definition) is 3. The van der Waals surface area contributed by atoms with Crippen molar-refractivity contribution in [3.05, 3.63) is 45.7 Å². The van der Waals surface area contributed by atoms with E-state index >= 15 is 0 Å². The smallest absolute Gasteiger partial charge is 0.104 e. The molecule has 0 spiro atoms. The zero-order chi connectivity index (χ0) is 14.9. The Labute approximate surface area is 128 Å². The van der Waals surface area contributed by atoms with E-state index in [0.29, 0.717) is 16.6 Å². The first-order valence-electron chi connectivity index (χ1n) is 6.22. The maximum atomic E-state index is 6.23. The van der Waals surface area contributed by atoms with E-state index in [1.807, 2.05) is 30.8 Å². The molecule has 0 radical (unpaired) electrons. The number of thiocarbonyl (C=S) groups is 1. The molecule has 0 unspecified atom stereocenters. The molecule has 3 N–H and O–H groups in total. The Hall–Kier alpha value is -1.59. The molecule has 2 rings (SSSR count). The minimum Gasteiger partial charge on any atom is -0.389 e. The normalized spacial score (nSPS) is 10.6. The van der Waals surface area contributed by atoms with E-state index < -0.39 is 0 Å². The van der Waals surface area contributed by atoms with E-state index in [2.05, 4.69) is 17.3 Å². The molecule has 1 heterocycles. The summed E-state index contributed by atoms with van der Waals surface area (Å²) in [6.07, 6.45) is 0. The van der Waals surface area contributed by atoms with Crippen molar-refractivity contribution in [2.45, 2.75) is 20.4 Å². The molecule has 106 valence electrons. The Bertz CT molecular complexity index is 663. The first-order chi connectivity index (χ1) is 9.40. The van der Waals surface area contributed by atoms with Crippen LogP contribution in [0.5, 0.6) is 0 Å². The van der Waals surface area contributed by atoms with Crippen LogP contribution < -0.4 is 11.1 Å². The average molecular weight is 309 g/mol. The van der Waals surface area contributed by atoms with Crippen LogP contribution in [0.3, 0.4) is 0 Å². The van der Waals surface area contributed by atoms with Gasteiger partial charge in [0.15, 0.2) is 0 Å². The van der Waals surface area contributed by atoms with Crippen molar-refractivity contribution in [1.29, 1.82) is 0 Å². The van der Waals surface area contributed by atoms with Crippen molar-refractivity contribution < 1.29 is 0 Å². The average Bonchev–Trinajstić information content (AvgIpc) is 2.62. The number of hydrogen-bond donors (Lipinski definition) is 2. The molecule has 0 saturated heterocycles. The molecular formula is C14H17ClN4S. The second-order valence-corrected chi connectivity index (χ2v) is 5.53. The maximum Gasteiger partial charge on any atom is 0.104 e. The summed E-state index contributed by atoms with van der Waals surface area (Å²) in [7, 11) is 1.94. The standard InChI is InChI=1S/C14H17ClN4S/c1-8-11(9(2)19(3)18-8)7-17-13-5-4-10(14(16)20)6-12(13)15/h4-6,17H,7H2,1-3H3,(H2,16,20). The fraction of sp³-hybridized carbons (Fsp3) is 0.286. The summed E-state index contributed by atoms with van der Waals surface area (Å²) in [5.74, 6) is 0. The fourth-order valence-corrected chi connectivity index (χ4v) is 2.44. The SMILES string of the molecule is Cc1nn(C)c(C)c1CNc1ccc(C(N)=S)cc1Cl. The molecular weight excluding hydrogens is 292 g/mol. The number of aromatic nitrogens is 2. The minimum absolute atomic E-state index is 0.345. The van der Waals surface area contributed by atoms with Crippen molar-refractivity contribution in [2.24, 2.45) is 12.8 Å². The number of rotatable bonds is 4. The zero-order valence-electron chi connectivity index (χ0n) is 11.7. The number of benzene rings is 1. The van der Waals surface area contributed by atoms with Crippen molar-refractivity contribution >= 4 is 34.5 Å². The molecule has 0 bridgehead atoms. The third kappa shape index (κ3) is 2.94. The molecule has 0 saturated carbocycles. The summed E-state index contributed by atoms with van der Waals surface area (Å²) in [5, 5.41) is 8.32. The van der Waals surface area contributed by atoms with Crippen LogP contribution in [-0.4, -0.2) is 14.8 Å². The minimum atomic E-state index is 0.345. The predicted octanol–water partition coefficient (Wildman–Crippen LogP) is 2.94. The van der Waals surface area contributed by atoms with Gasteiger partial charge in [-0.15, -0.1) is 0 Å². The maximum absolute atomic E-state index is 6.23. The number of nitrogens with one attached hydrogen (secondary N) is 1.